The van der Waals surface area contributed by atoms with Gasteiger partial charge in [-0.25, -0.2) is 0 Å². The van der Waals surface area contributed by atoms with Crippen LogP contribution in [0.1, 0.15) is 19.4 Å². The van der Waals surface area contributed by atoms with Gasteiger partial charge in [-0.3, -0.25) is 0 Å². The van der Waals surface area contributed by atoms with Gasteiger partial charge >= 0.3 is 0 Å². The first-order valence-electron chi connectivity index (χ1n) is 5.07. The molecule has 3 heteroatoms. The molecule has 1 aromatic heterocycles. The second kappa shape index (κ2) is 6.17. The molecule has 0 aliphatic rings. The molecule has 2 atom stereocenters. The fraction of sp³-hybridized carbons (Fsp3) is 0.636. The summed E-state index contributed by atoms with van der Waals surface area (Å²) in [4.78, 5) is 0. The number of rotatable bonds is 6. The molecule has 0 saturated heterocycles. The van der Waals surface area contributed by atoms with Crippen LogP contribution in [0.25, 0.3) is 0 Å². The Balaban J connectivity index is 2.19. The lowest BCUT2D eigenvalue weighted by Crippen LogP contribution is -2.32. The highest BCUT2D eigenvalue weighted by Crippen LogP contribution is 2.08. The van der Waals surface area contributed by atoms with Crippen molar-refractivity contribution in [1.82, 2.24) is 5.32 Å². The van der Waals surface area contributed by atoms with E-state index in [0.29, 0.717) is 12.0 Å². The van der Waals surface area contributed by atoms with E-state index >= 15 is 0 Å². The topological polar surface area (TPSA) is 32.3 Å². The van der Waals surface area contributed by atoms with Crippen molar-refractivity contribution in [2.75, 3.05) is 13.2 Å². The van der Waals surface area contributed by atoms with Crippen molar-refractivity contribution in [2.45, 2.75) is 26.3 Å². The number of aliphatic hydroxyl groups is 1. The van der Waals surface area contributed by atoms with Crippen LogP contribution in [0.5, 0.6) is 0 Å². The molecule has 0 aromatic carbocycles. The molecule has 0 amide bonds. The first kappa shape index (κ1) is 11.7. The van der Waals surface area contributed by atoms with Gasteiger partial charge < -0.3 is 10.4 Å². The summed E-state index contributed by atoms with van der Waals surface area (Å²) in [7, 11) is 0. The lowest BCUT2D eigenvalue weighted by Gasteiger charge is -2.15. The zero-order chi connectivity index (χ0) is 10.4. The maximum atomic E-state index is 8.87. The molecule has 2 unspecified atom stereocenters. The predicted molar refractivity (Wildman–Crippen MR) is 61.7 cm³/mol. The first-order chi connectivity index (χ1) is 6.72. The van der Waals surface area contributed by atoms with Gasteiger partial charge in [0.25, 0.3) is 0 Å². The van der Waals surface area contributed by atoms with Gasteiger partial charge in [0.2, 0.25) is 0 Å². The van der Waals surface area contributed by atoms with Gasteiger partial charge in [-0.2, -0.15) is 11.3 Å². The van der Waals surface area contributed by atoms with Crippen LogP contribution in [0.3, 0.4) is 0 Å². The van der Waals surface area contributed by atoms with E-state index in [1.165, 1.54) is 5.56 Å². The van der Waals surface area contributed by atoms with E-state index in [-0.39, 0.29) is 6.61 Å². The third kappa shape index (κ3) is 4.22. The van der Waals surface area contributed by atoms with Crippen molar-refractivity contribution >= 4 is 11.3 Å². The summed E-state index contributed by atoms with van der Waals surface area (Å²) in [5.41, 5.74) is 1.40. The SMILES string of the molecule is CC(CO)CNC(C)Cc1ccsc1. The quantitative estimate of drug-likeness (QED) is 0.756. The van der Waals surface area contributed by atoms with E-state index in [1.54, 1.807) is 11.3 Å². The summed E-state index contributed by atoms with van der Waals surface area (Å²) < 4.78 is 0. The largest absolute Gasteiger partial charge is 0.396 e. The lowest BCUT2D eigenvalue weighted by atomic mass is 10.1. The number of aliphatic hydroxyl groups excluding tert-OH is 1. The lowest BCUT2D eigenvalue weighted by molar-refractivity contribution is 0.230. The van der Waals surface area contributed by atoms with Crippen LogP contribution in [0.2, 0.25) is 0 Å². The summed E-state index contributed by atoms with van der Waals surface area (Å²) in [6.07, 6.45) is 1.07. The van der Waals surface area contributed by atoms with Gasteiger partial charge in [0.15, 0.2) is 0 Å². The van der Waals surface area contributed by atoms with Crippen LogP contribution in [0.15, 0.2) is 16.8 Å². The fourth-order valence-electron chi connectivity index (χ4n) is 1.30. The molecule has 2 nitrogen and oxygen atoms in total. The average molecular weight is 213 g/mol. The summed E-state index contributed by atoms with van der Waals surface area (Å²) in [6.45, 7) is 5.38. The Morgan fingerprint density at radius 1 is 1.50 bits per heavy atom. The molecular weight excluding hydrogens is 194 g/mol. The second-order valence-electron chi connectivity index (χ2n) is 3.93. The van der Waals surface area contributed by atoms with Crippen molar-refractivity contribution < 1.29 is 5.11 Å². The molecule has 1 heterocycles. The third-order valence-electron chi connectivity index (χ3n) is 2.25. The monoisotopic (exact) mass is 213 g/mol. The maximum absolute atomic E-state index is 8.87. The fourth-order valence-corrected chi connectivity index (χ4v) is 1.98. The molecule has 1 aromatic rings. The number of hydrogen-bond acceptors (Lipinski definition) is 3. The Labute approximate surface area is 90.0 Å². The number of thiophene rings is 1. The Bertz CT molecular complexity index is 235. The summed E-state index contributed by atoms with van der Waals surface area (Å²) in [5, 5.41) is 16.6. The smallest absolute Gasteiger partial charge is 0.0468 e. The van der Waals surface area contributed by atoms with E-state index < -0.39 is 0 Å². The van der Waals surface area contributed by atoms with Gasteiger partial charge in [-0.1, -0.05) is 6.92 Å². The molecule has 0 fully saturated rings. The van der Waals surface area contributed by atoms with Crippen LogP contribution in [-0.4, -0.2) is 24.3 Å². The Kier molecular flexibility index (Phi) is 5.15. The van der Waals surface area contributed by atoms with Gasteiger partial charge in [-0.15, -0.1) is 0 Å². The van der Waals surface area contributed by atoms with Crippen molar-refractivity contribution in [3.05, 3.63) is 22.4 Å². The van der Waals surface area contributed by atoms with Crippen LogP contribution in [-0.2, 0) is 6.42 Å². The summed E-state index contributed by atoms with van der Waals surface area (Å²) in [5.74, 6) is 0.347. The maximum Gasteiger partial charge on any atom is 0.0468 e. The van der Waals surface area contributed by atoms with E-state index in [2.05, 4.69) is 29.1 Å². The van der Waals surface area contributed by atoms with Gasteiger partial charge in [0.05, 0.1) is 0 Å². The second-order valence-corrected chi connectivity index (χ2v) is 4.71. The van der Waals surface area contributed by atoms with Crippen molar-refractivity contribution in [3.8, 4) is 0 Å². The minimum atomic E-state index is 0.262. The van der Waals surface area contributed by atoms with Crippen molar-refractivity contribution in [2.24, 2.45) is 5.92 Å². The van der Waals surface area contributed by atoms with E-state index in [0.717, 1.165) is 13.0 Å². The van der Waals surface area contributed by atoms with Gasteiger partial charge in [0, 0.05) is 19.2 Å². The Morgan fingerprint density at radius 2 is 2.29 bits per heavy atom. The van der Waals surface area contributed by atoms with E-state index in [4.69, 9.17) is 5.11 Å². The van der Waals surface area contributed by atoms with Crippen molar-refractivity contribution in [3.63, 3.8) is 0 Å². The van der Waals surface area contributed by atoms with Crippen LogP contribution >= 0.6 is 11.3 Å². The highest BCUT2D eigenvalue weighted by atomic mass is 32.1. The average Bonchev–Trinajstić information content (AvgIpc) is 2.66. The molecule has 0 aliphatic carbocycles. The highest BCUT2D eigenvalue weighted by Gasteiger charge is 2.05. The molecular formula is C11H19NOS. The van der Waals surface area contributed by atoms with Gasteiger partial charge in [-0.05, 0) is 41.7 Å². The molecule has 1 rings (SSSR count). The van der Waals surface area contributed by atoms with Crippen LogP contribution in [0, 0.1) is 5.92 Å². The molecule has 0 spiro atoms. The summed E-state index contributed by atoms with van der Waals surface area (Å²) in [6, 6.07) is 2.65. The normalized spacial score (nSPS) is 15.4. The van der Waals surface area contributed by atoms with E-state index in [1.807, 2.05) is 6.92 Å². The molecule has 0 saturated carbocycles. The minimum Gasteiger partial charge on any atom is -0.396 e. The summed E-state index contributed by atoms with van der Waals surface area (Å²) >= 11 is 1.74. The molecule has 0 radical (unpaired) electrons. The van der Waals surface area contributed by atoms with Crippen molar-refractivity contribution in [1.29, 1.82) is 0 Å². The Hall–Kier alpha value is -0.380. The molecule has 0 aliphatic heterocycles. The molecule has 14 heavy (non-hydrogen) atoms. The zero-order valence-electron chi connectivity index (χ0n) is 8.86. The Morgan fingerprint density at radius 3 is 2.86 bits per heavy atom. The molecule has 80 valence electrons. The third-order valence-corrected chi connectivity index (χ3v) is 2.98. The van der Waals surface area contributed by atoms with E-state index in [9.17, 15) is 0 Å². The van der Waals surface area contributed by atoms with Crippen LogP contribution < -0.4 is 5.32 Å². The highest BCUT2D eigenvalue weighted by molar-refractivity contribution is 7.07. The standard InChI is InChI=1S/C11H19NOS/c1-9(7-13)6-12-10(2)5-11-3-4-14-8-11/h3-4,8-10,12-13H,5-7H2,1-2H3. The van der Waals surface area contributed by atoms with Gasteiger partial charge in [0.1, 0.15) is 0 Å². The molecule has 2 N–H and O–H groups in total. The molecule has 0 bridgehead atoms. The zero-order valence-corrected chi connectivity index (χ0v) is 9.68. The van der Waals surface area contributed by atoms with Crippen LogP contribution in [0.4, 0.5) is 0 Å². The number of hydrogen-bond donors (Lipinski definition) is 2. The first-order valence-corrected chi connectivity index (χ1v) is 6.02. The number of nitrogens with one attached hydrogen (secondary N) is 1. The minimum absolute atomic E-state index is 0.262. The predicted octanol–water partition coefficient (Wildman–Crippen LogP) is 1.90.